The van der Waals surface area contributed by atoms with E-state index in [1.165, 1.54) is 4.90 Å². The monoisotopic (exact) mass is 247 g/mol. The fourth-order valence-electron chi connectivity index (χ4n) is 1.17. The number of amides is 3. The lowest BCUT2D eigenvalue weighted by atomic mass is 10.2. The minimum absolute atomic E-state index is 0.0885. The third-order valence-corrected chi connectivity index (χ3v) is 2.04. The molecular weight excluding hydrogens is 230 g/mol. The van der Waals surface area contributed by atoms with Crippen molar-refractivity contribution < 1.29 is 24.6 Å². The van der Waals surface area contributed by atoms with E-state index in [4.69, 9.17) is 15.9 Å². The van der Waals surface area contributed by atoms with E-state index in [2.05, 4.69) is 5.32 Å². The van der Waals surface area contributed by atoms with Gasteiger partial charge in [-0.05, 0) is 6.92 Å². The number of carbonyl (C=O) groups is 3. The van der Waals surface area contributed by atoms with E-state index in [9.17, 15) is 14.4 Å². The molecule has 17 heavy (non-hydrogen) atoms. The van der Waals surface area contributed by atoms with Crippen LogP contribution in [-0.2, 0) is 9.59 Å². The summed E-state index contributed by atoms with van der Waals surface area (Å²) in [5, 5.41) is 19.6. The molecule has 8 heteroatoms. The van der Waals surface area contributed by atoms with Crippen LogP contribution in [0.4, 0.5) is 4.79 Å². The summed E-state index contributed by atoms with van der Waals surface area (Å²) in [5.41, 5.74) is 4.87. The first kappa shape index (κ1) is 15.2. The summed E-state index contributed by atoms with van der Waals surface area (Å²) in [5.74, 6) is -2.15. The molecule has 0 aromatic heterocycles. The summed E-state index contributed by atoms with van der Waals surface area (Å²) >= 11 is 0. The number of nitrogens with two attached hydrogens (primary N) is 1. The third kappa shape index (κ3) is 5.71. The number of carboxylic acids is 1. The van der Waals surface area contributed by atoms with Crippen molar-refractivity contribution >= 4 is 17.9 Å². The molecular formula is C9H17N3O5. The standard InChI is InChI=1S/C9H17N3O5/c1-2-12(3-4-13)9(17)11-6(8(15)16)5-7(10)14/h6,13H,2-5H2,1H3,(H2,10,14)(H,11,17)(H,15,16)/t6-/m0/s1. The Labute approximate surface area is 98.4 Å². The molecule has 0 saturated carbocycles. The molecule has 3 amide bonds. The Morgan fingerprint density at radius 3 is 2.35 bits per heavy atom. The first-order valence-electron chi connectivity index (χ1n) is 5.09. The molecule has 8 nitrogen and oxygen atoms in total. The zero-order chi connectivity index (χ0) is 13.4. The highest BCUT2D eigenvalue weighted by Gasteiger charge is 2.24. The molecule has 0 saturated heterocycles. The Morgan fingerprint density at radius 2 is 2.00 bits per heavy atom. The van der Waals surface area contributed by atoms with Crippen molar-refractivity contribution in [1.82, 2.24) is 10.2 Å². The second-order valence-electron chi connectivity index (χ2n) is 3.31. The fourth-order valence-corrected chi connectivity index (χ4v) is 1.17. The van der Waals surface area contributed by atoms with E-state index in [1.807, 2.05) is 0 Å². The van der Waals surface area contributed by atoms with Crippen LogP contribution in [-0.4, -0.2) is 58.8 Å². The molecule has 5 N–H and O–H groups in total. The Hall–Kier alpha value is -1.83. The highest BCUT2D eigenvalue weighted by molar-refractivity contribution is 5.87. The van der Waals surface area contributed by atoms with Crippen LogP contribution in [0.2, 0.25) is 0 Å². The summed E-state index contributed by atoms with van der Waals surface area (Å²) in [6.07, 6.45) is -0.474. The highest BCUT2D eigenvalue weighted by Crippen LogP contribution is 1.95. The van der Waals surface area contributed by atoms with Crippen LogP contribution in [0.1, 0.15) is 13.3 Å². The molecule has 0 aromatic rings. The van der Waals surface area contributed by atoms with Crippen molar-refractivity contribution in [2.45, 2.75) is 19.4 Å². The smallest absolute Gasteiger partial charge is 0.326 e. The molecule has 0 aliphatic carbocycles. The molecule has 0 aromatic carbocycles. The third-order valence-electron chi connectivity index (χ3n) is 2.04. The second kappa shape index (κ2) is 7.44. The molecule has 98 valence electrons. The summed E-state index contributed by atoms with van der Waals surface area (Å²) in [4.78, 5) is 34.1. The van der Waals surface area contributed by atoms with Crippen LogP contribution in [0.15, 0.2) is 0 Å². The van der Waals surface area contributed by atoms with Gasteiger partial charge in [0.25, 0.3) is 0 Å². The number of rotatable bonds is 7. The lowest BCUT2D eigenvalue weighted by Crippen LogP contribution is -2.49. The van der Waals surface area contributed by atoms with Gasteiger partial charge in [0, 0.05) is 13.1 Å². The minimum atomic E-state index is -1.35. The van der Waals surface area contributed by atoms with Gasteiger partial charge in [0.1, 0.15) is 6.04 Å². The molecule has 0 heterocycles. The molecule has 0 bridgehead atoms. The van der Waals surface area contributed by atoms with E-state index in [1.54, 1.807) is 6.92 Å². The zero-order valence-electron chi connectivity index (χ0n) is 9.55. The average Bonchev–Trinajstić information content (AvgIpc) is 2.23. The molecule has 0 radical (unpaired) electrons. The number of primary amides is 1. The molecule has 0 spiro atoms. The van der Waals surface area contributed by atoms with Crippen LogP contribution in [0.3, 0.4) is 0 Å². The summed E-state index contributed by atoms with van der Waals surface area (Å²) in [7, 11) is 0. The number of carboxylic acid groups (broad SMARTS) is 1. The molecule has 0 aliphatic rings. The van der Waals surface area contributed by atoms with Crippen LogP contribution in [0.5, 0.6) is 0 Å². The Balaban J connectivity index is 4.47. The Bertz CT molecular complexity index is 294. The van der Waals surface area contributed by atoms with Crippen LogP contribution >= 0.6 is 0 Å². The van der Waals surface area contributed by atoms with Gasteiger partial charge in [-0.15, -0.1) is 0 Å². The van der Waals surface area contributed by atoms with Gasteiger partial charge in [0.2, 0.25) is 5.91 Å². The van der Waals surface area contributed by atoms with E-state index < -0.39 is 30.4 Å². The number of aliphatic hydroxyl groups is 1. The van der Waals surface area contributed by atoms with E-state index in [0.29, 0.717) is 6.54 Å². The van der Waals surface area contributed by atoms with Crippen LogP contribution in [0.25, 0.3) is 0 Å². The minimum Gasteiger partial charge on any atom is -0.480 e. The lowest BCUT2D eigenvalue weighted by Gasteiger charge is -2.22. The van der Waals surface area contributed by atoms with Crippen molar-refractivity contribution in [3.63, 3.8) is 0 Å². The summed E-state index contributed by atoms with van der Waals surface area (Å²) in [6, 6.07) is -2.01. The average molecular weight is 247 g/mol. The predicted octanol–water partition coefficient (Wildman–Crippen LogP) is -1.66. The maximum absolute atomic E-state index is 11.5. The van der Waals surface area contributed by atoms with Crippen molar-refractivity contribution in [3.05, 3.63) is 0 Å². The first-order valence-corrected chi connectivity index (χ1v) is 5.09. The van der Waals surface area contributed by atoms with Crippen molar-refractivity contribution in [2.24, 2.45) is 5.73 Å². The van der Waals surface area contributed by atoms with Crippen molar-refractivity contribution in [3.8, 4) is 0 Å². The number of nitrogens with zero attached hydrogens (tertiary/aromatic N) is 1. The quantitative estimate of drug-likeness (QED) is 0.427. The van der Waals surface area contributed by atoms with Crippen molar-refractivity contribution in [1.29, 1.82) is 0 Å². The van der Waals surface area contributed by atoms with E-state index in [-0.39, 0.29) is 13.2 Å². The Kier molecular flexibility index (Phi) is 6.64. The molecule has 0 fully saturated rings. The van der Waals surface area contributed by atoms with Gasteiger partial charge >= 0.3 is 12.0 Å². The highest BCUT2D eigenvalue weighted by atomic mass is 16.4. The fraction of sp³-hybridized carbons (Fsp3) is 0.667. The number of nitrogens with one attached hydrogen (secondary N) is 1. The number of aliphatic hydroxyl groups excluding tert-OH is 1. The number of hydrogen-bond donors (Lipinski definition) is 4. The van der Waals surface area contributed by atoms with Gasteiger partial charge in [-0.3, -0.25) is 4.79 Å². The van der Waals surface area contributed by atoms with E-state index in [0.717, 1.165) is 0 Å². The van der Waals surface area contributed by atoms with Gasteiger partial charge in [-0.1, -0.05) is 0 Å². The van der Waals surface area contributed by atoms with Gasteiger partial charge in [-0.2, -0.15) is 0 Å². The summed E-state index contributed by atoms with van der Waals surface area (Å²) in [6.45, 7) is 1.86. The predicted molar refractivity (Wildman–Crippen MR) is 58.1 cm³/mol. The topological polar surface area (TPSA) is 133 Å². The van der Waals surface area contributed by atoms with Gasteiger partial charge in [0.15, 0.2) is 0 Å². The zero-order valence-corrected chi connectivity index (χ0v) is 9.55. The number of urea groups is 1. The van der Waals surface area contributed by atoms with Crippen LogP contribution in [0, 0.1) is 0 Å². The largest absolute Gasteiger partial charge is 0.480 e. The van der Waals surface area contributed by atoms with Crippen molar-refractivity contribution in [2.75, 3.05) is 19.7 Å². The normalized spacial score (nSPS) is 11.6. The van der Waals surface area contributed by atoms with Gasteiger partial charge in [0.05, 0.1) is 13.0 Å². The maximum Gasteiger partial charge on any atom is 0.326 e. The number of aliphatic carboxylic acids is 1. The molecule has 0 aliphatic heterocycles. The lowest BCUT2D eigenvalue weighted by molar-refractivity contribution is -0.140. The SMILES string of the molecule is CCN(CCO)C(=O)N[C@@H](CC(N)=O)C(=O)O. The van der Waals surface area contributed by atoms with Crippen LogP contribution < -0.4 is 11.1 Å². The molecule has 1 atom stereocenters. The Morgan fingerprint density at radius 1 is 1.41 bits per heavy atom. The van der Waals surface area contributed by atoms with Gasteiger partial charge < -0.3 is 26.2 Å². The first-order chi connectivity index (χ1) is 7.92. The number of carbonyl (C=O) groups excluding carboxylic acids is 2. The summed E-state index contributed by atoms with van der Waals surface area (Å²) < 4.78 is 0. The second-order valence-corrected chi connectivity index (χ2v) is 3.31. The number of likely N-dealkylation sites (N-methyl/N-ethyl adjacent to an activating group) is 1. The van der Waals surface area contributed by atoms with Gasteiger partial charge in [-0.25, -0.2) is 9.59 Å². The number of hydrogen-bond acceptors (Lipinski definition) is 4. The molecule has 0 unspecified atom stereocenters. The maximum atomic E-state index is 11.5. The van der Waals surface area contributed by atoms with E-state index >= 15 is 0 Å². The molecule has 0 rings (SSSR count).